The summed E-state index contributed by atoms with van der Waals surface area (Å²) in [5.74, 6) is -0.397. The van der Waals surface area contributed by atoms with Crippen molar-refractivity contribution < 1.29 is 14.4 Å². The Kier molecular flexibility index (Phi) is 4.43. The Labute approximate surface area is 115 Å². The summed E-state index contributed by atoms with van der Waals surface area (Å²) in [4.78, 5) is 22.0. The highest BCUT2D eigenvalue weighted by molar-refractivity contribution is 5.93. The zero-order valence-electron chi connectivity index (χ0n) is 11.2. The van der Waals surface area contributed by atoms with E-state index in [0.717, 1.165) is 10.4 Å². The summed E-state index contributed by atoms with van der Waals surface area (Å²) in [6, 6.07) is 9.45. The molecule has 0 radical (unpaired) electrons. The second-order valence-corrected chi connectivity index (χ2v) is 3.71. The van der Waals surface area contributed by atoms with Gasteiger partial charge in [-0.05, 0) is 17.7 Å². The van der Waals surface area contributed by atoms with Crippen molar-refractivity contribution in [3.8, 4) is 0 Å². The summed E-state index contributed by atoms with van der Waals surface area (Å²) in [5, 5.41) is 7.40. The first-order valence-corrected chi connectivity index (χ1v) is 6.02. The maximum absolute atomic E-state index is 11.7. The molecule has 104 valence electrons. The van der Waals surface area contributed by atoms with E-state index >= 15 is 0 Å². The van der Waals surface area contributed by atoms with Crippen molar-refractivity contribution in [2.75, 3.05) is 13.7 Å². The Balaban J connectivity index is 2.32. The molecule has 0 saturated heterocycles. The van der Waals surface area contributed by atoms with Crippen molar-refractivity contribution in [1.29, 1.82) is 0 Å². The van der Waals surface area contributed by atoms with Crippen LogP contribution >= 0.6 is 0 Å². The quantitative estimate of drug-likeness (QED) is 0.606. The highest BCUT2D eigenvalue weighted by atomic mass is 16.7. The minimum atomic E-state index is -0.587. The van der Waals surface area contributed by atoms with Gasteiger partial charge in [0.05, 0.1) is 6.61 Å². The molecule has 20 heavy (non-hydrogen) atoms. The third-order valence-electron chi connectivity index (χ3n) is 2.40. The number of aromatic nitrogens is 3. The monoisotopic (exact) mass is 274 g/mol. The molecular formula is C13H14N4O3. The lowest BCUT2D eigenvalue weighted by Crippen LogP contribution is -2.08. The Bertz CT molecular complexity index is 607. The molecule has 0 aliphatic carbocycles. The van der Waals surface area contributed by atoms with E-state index in [-0.39, 0.29) is 18.1 Å². The van der Waals surface area contributed by atoms with E-state index in [0.29, 0.717) is 0 Å². The molecule has 0 saturated carbocycles. The molecule has 1 aromatic carbocycles. The van der Waals surface area contributed by atoms with Crippen molar-refractivity contribution in [2.45, 2.75) is 6.92 Å². The fourth-order valence-corrected chi connectivity index (χ4v) is 1.50. The zero-order valence-corrected chi connectivity index (χ0v) is 11.2. The van der Waals surface area contributed by atoms with Crippen molar-refractivity contribution in [2.24, 2.45) is 4.99 Å². The highest BCUT2D eigenvalue weighted by Crippen LogP contribution is 2.16. The summed E-state index contributed by atoms with van der Waals surface area (Å²) < 4.78 is 4.89. The van der Waals surface area contributed by atoms with Crippen LogP contribution in [0.15, 0.2) is 35.3 Å². The first-order chi connectivity index (χ1) is 9.76. The highest BCUT2D eigenvalue weighted by Gasteiger charge is 2.21. The van der Waals surface area contributed by atoms with Gasteiger partial charge in [-0.25, -0.2) is 9.79 Å². The van der Waals surface area contributed by atoms with Crippen LogP contribution in [0.5, 0.6) is 0 Å². The van der Waals surface area contributed by atoms with E-state index in [1.165, 1.54) is 7.11 Å². The van der Waals surface area contributed by atoms with Gasteiger partial charge in [-0.1, -0.05) is 35.2 Å². The summed E-state index contributed by atoms with van der Waals surface area (Å²) in [6.45, 7) is 1.96. The summed E-state index contributed by atoms with van der Waals surface area (Å²) in [5.41, 5.74) is 0.895. The van der Waals surface area contributed by atoms with Gasteiger partial charge in [0.2, 0.25) is 11.5 Å². The molecule has 1 heterocycles. The number of aliphatic imine (C=N–C) groups is 1. The lowest BCUT2D eigenvalue weighted by atomic mass is 10.2. The fourth-order valence-electron chi connectivity index (χ4n) is 1.50. The maximum Gasteiger partial charge on any atom is 0.363 e. The molecule has 7 nitrogen and oxygen atoms in total. The third-order valence-corrected chi connectivity index (χ3v) is 2.40. The molecule has 0 aliphatic heterocycles. The molecule has 0 fully saturated rings. The van der Waals surface area contributed by atoms with Gasteiger partial charge in [-0.15, -0.1) is 5.10 Å². The second-order valence-electron chi connectivity index (χ2n) is 3.71. The molecule has 0 unspecified atom stereocenters. The van der Waals surface area contributed by atoms with Crippen molar-refractivity contribution >= 4 is 18.0 Å². The smallest absolute Gasteiger partial charge is 0.363 e. The van der Waals surface area contributed by atoms with Gasteiger partial charge in [-0.2, -0.15) is 0 Å². The molecule has 0 amide bonds. The minimum absolute atomic E-state index is 0.0147. The van der Waals surface area contributed by atoms with Gasteiger partial charge >= 0.3 is 5.97 Å². The van der Waals surface area contributed by atoms with Gasteiger partial charge < -0.3 is 9.57 Å². The summed E-state index contributed by atoms with van der Waals surface area (Å²) >= 11 is 0. The Hall–Kier alpha value is -2.70. The zero-order chi connectivity index (χ0) is 14.4. The van der Waals surface area contributed by atoms with Crippen LogP contribution in [0.3, 0.4) is 0 Å². The van der Waals surface area contributed by atoms with Gasteiger partial charge in [0, 0.05) is 6.21 Å². The average molecular weight is 274 g/mol. The molecule has 0 N–H and O–H groups in total. The molecule has 2 rings (SSSR count). The predicted octanol–water partition coefficient (Wildman–Crippen LogP) is 1.26. The minimum Gasteiger partial charge on any atom is -0.461 e. The van der Waals surface area contributed by atoms with E-state index in [1.54, 1.807) is 13.1 Å². The molecule has 0 spiro atoms. The predicted molar refractivity (Wildman–Crippen MR) is 72.2 cm³/mol. The molecular weight excluding hydrogens is 260 g/mol. The van der Waals surface area contributed by atoms with Crippen molar-refractivity contribution in [3.05, 3.63) is 41.6 Å². The topological polar surface area (TPSA) is 78.6 Å². The number of hydrogen-bond acceptors (Lipinski definition) is 6. The van der Waals surface area contributed by atoms with Gasteiger partial charge in [0.15, 0.2) is 0 Å². The van der Waals surface area contributed by atoms with Crippen LogP contribution in [0.25, 0.3) is 0 Å². The number of benzene rings is 1. The van der Waals surface area contributed by atoms with Crippen molar-refractivity contribution in [3.63, 3.8) is 0 Å². The summed E-state index contributed by atoms with van der Waals surface area (Å²) in [6.07, 6.45) is 1.59. The summed E-state index contributed by atoms with van der Waals surface area (Å²) in [7, 11) is 1.41. The van der Waals surface area contributed by atoms with Crippen molar-refractivity contribution in [1.82, 2.24) is 15.2 Å². The standard InChI is InChI=1S/C13H14N4O3/c1-3-20-13(18)11-12(17(19-2)16-15-11)14-9-10-7-5-4-6-8-10/h4-9H,3H2,1-2H3/b14-9+. The number of carbonyl (C=O) groups excluding carboxylic acids is 1. The first-order valence-electron chi connectivity index (χ1n) is 6.02. The van der Waals surface area contributed by atoms with Crippen LogP contribution in [0.2, 0.25) is 0 Å². The van der Waals surface area contributed by atoms with Crippen LogP contribution in [0, 0.1) is 0 Å². The molecule has 0 bridgehead atoms. The Morgan fingerprint density at radius 2 is 2.15 bits per heavy atom. The molecule has 0 aliphatic rings. The van der Waals surface area contributed by atoms with E-state index in [1.807, 2.05) is 30.3 Å². The van der Waals surface area contributed by atoms with Crippen LogP contribution in [0.1, 0.15) is 23.0 Å². The van der Waals surface area contributed by atoms with Gasteiger partial charge in [0.1, 0.15) is 7.11 Å². The number of nitrogens with zero attached hydrogens (tertiary/aromatic N) is 4. The van der Waals surface area contributed by atoms with E-state index in [9.17, 15) is 4.79 Å². The number of carbonyl (C=O) groups is 1. The number of ether oxygens (including phenoxy) is 1. The SMILES string of the molecule is CCOC(=O)c1nnn(OC)c1/N=C/c1ccccc1. The molecule has 2 aromatic rings. The van der Waals surface area contributed by atoms with Crippen LogP contribution < -0.4 is 4.84 Å². The van der Waals surface area contributed by atoms with Gasteiger partial charge in [-0.3, -0.25) is 0 Å². The normalized spacial score (nSPS) is 10.7. The molecule has 7 heteroatoms. The van der Waals surface area contributed by atoms with E-state index in [4.69, 9.17) is 9.57 Å². The average Bonchev–Trinajstić information content (AvgIpc) is 2.89. The Morgan fingerprint density at radius 1 is 1.40 bits per heavy atom. The largest absolute Gasteiger partial charge is 0.461 e. The second kappa shape index (κ2) is 6.46. The van der Waals surface area contributed by atoms with Crippen LogP contribution in [-0.4, -0.2) is 41.1 Å². The number of esters is 1. The lowest BCUT2D eigenvalue weighted by Gasteiger charge is -2.01. The number of rotatable bonds is 5. The van der Waals surface area contributed by atoms with Gasteiger partial charge in [0.25, 0.3) is 0 Å². The third kappa shape index (κ3) is 3.00. The Morgan fingerprint density at radius 3 is 2.80 bits per heavy atom. The lowest BCUT2D eigenvalue weighted by molar-refractivity contribution is 0.0520. The number of hydrogen-bond donors (Lipinski definition) is 0. The van der Waals surface area contributed by atoms with Crippen LogP contribution in [-0.2, 0) is 4.74 Å². The maximum atomic E-state index is 11.7. The molecule has 1 aromatic heterocycles. The molecule has 0 atom stereocenters. The fraction of sp³-hybridized carbons (Fsp3) is 0.231. The first kappa shape index (κ1) is 13.7. The van der Waals surface area contributed by atoms with E-state index < -0.39 is 5.97 Å². The van der Waals surface area contributed by atoms with Crippen LogP contribution in [0.4, 0.5) is 5.82 Å². The van der Waals surface area contributed by atoms with E-state index in [2.05, 4.69) is 15.3 Å².